The van der Waals surface area contributed by atoms with E-state index in [1.165, 1.54) is 0 Å². The Bertz CT molecular complexity index is 2490. The van der Waals surface area contributed by atoms with Crippen molar-refractivity contribution in [2.45, 2.75) is 0 Å². The van der Waals surface area contributed by atoms with E-state index in [1.54, 1.807) is 0 Å². The lowest BCUT2D eigenvalue weighted by Gasteiger charge is -2.17. The number of hydrogen-bond donors (Lipinski definition) is 0. The van der Waals surface area contributed by atoms with Gasteiger partial charge in [0, 0.05) is 38.3 Å². The minimum Gasteiger partial charge on any atom is -0.248 e. The number of nitrogens with zero attached hydrogens (tertiary/aromatic N) is 5. The molecule has 0 aliphatic carbocycles. The highest BCUT2D eigenvalue weighted by Crippen LogP contribution is 2.48. The van der Waals surface area contributed by atoms with Gasteiger partial charge in [-0.2, -0.15) is 0 Å². The summed E-state index contributed by atoms with van der Waals surface area (Å²) >= 11 is 0. The van der Waals surface area contributed by atoms with E-state index in [9.17, 15) is 0 Å². The fourth-order valence-corrected chi connectivity index (χ4v) is 6.53. The molecular weight excluding hydrogens is 538 g/mol. The highest BCUT2D eigenvalue weighted by Gasteiger charge is 2.27. The van der Waals surface area contributed by atoms with Crippen molar-refractivity contribution in [2.75, 3.05) is 0 Å². The molecule has 44 heavy (non-hydrogen) atoms. The topological polar surface area (TPSA) is 63.4 Å². The molecule has 0 saturated heterocycles. The molecule has 204 valence electrons. The van der Waals surface area contributed by atoms with E-state index < -0.39 is 0 Å². The molecule has 0 fully saturated rings. The Hall–Kier alpha value is -6.07. The molecule has 6 aromatic carbocycles. The average molecular weight is 562 g/mol. The molecule has 0 spiro atoms. The largest absolute Gasteiger partial charge is 0.248 e. The average Bonchev–Trinajstić information content (AvgIpc) is 3.67. The van der Waals surface area contributed by atoms with Gasteiger partial charge in [-0.25, -0.2) is 9.98 Å². The van der Waals surface area contributed by atoms with Crippen LogP contribution in [-0.4, -0.2) is 15.4 Å². The number of para-hydroxylation sites is 1. The Morgan fingerprint density at radius 3 is 1.84 bits per heavy atom. The number of rotatable bonds is 4. The smallest absolute Gasteiger partial charge is 0.105 e. The molecule has 7 aromatic rings. The SMILES string of the molecule is c1ccc(-c2ccccc2-c2nnnc(-c3cccc4c3-c3c5c(ccc3=N4)=c3ccccc3=N5)c2-c2ccccc2)cc1. The van der Waals surface area contributed by atoms with Crippen LogP contribution in [0.15, 0.2) is 150 Å². The molecule has 5 nitrogen and oxygen atoms in total. The number of fused-ring (bicyclic) bond motifs is 6. The van der Waals surface area contributed by atoms with Gasteiger partial charge >= 0.3 is 0 Å². The Morgan fingerprint density at radius 1 is 0.364 bits per heavy atom. The molecule has 2 aliphatic heterocycles. The molecule has 1 aromatic heterocycles. The maximum atomic E-state index is 5.10. The summed E-state index contributed by atoms with van der Waals surface area (Å²) in [6.45, 7) is 0. The van der Waals surface area contributed by atoms with Crippen LogP contribution in [-0.2, 0) is 0 Å². The van der Waals surface area contributed by atoms with Crippen LogP contribution in [0, 0.1) is 10.4 Å². The van der Waals surface area contributed by atoms with E-state index >= 15 is 0 Å². The van der Waals surface area contributed by atoms with E-state index in [2.05, 4.69) is 120 Å². The van der Waals surface area contributed by atoms with Crippen LogP contribution in [0.1, 0.15) is 0 Å². The zero-order chi connectivity index (χ0) is 29.0. The van der Waals surface area contributed by atoms with Gasteiger partial charge < -0.3 is 0 Å². The van der Waals surface area contributed by atoms with Gasteiger partial charge in [0.1, 0.15) is 11.4 Å². The Labute approximate surface area is 252 Å². The lowest BCUT2D eigenvalue weighted by Crippen LogP contribution is -2.03. The van der Waals surface area contributed by atoms with Gasteiger partial charge in [-0.1, -0.05) is 115 Å². The third kappa shape index (κ3) is 3.69. The summed E-state index contributed by atoms with van der Waals surface area (Å²) in [6.07, 6.45) is 0. The predicted octanol–water partition coefficient (Wildman–Crippen LogP) is 8.02. The third-order valence-corrected chi connectivity index (χ3v) is 8.46. The maximum Gasteiger partial charge on any atom is 0.105 e. The number of benzene rings is 6. The monoisotopic (exact) mass is 561 g/mol. The van der Waals surface area contributed by atoms with Gasteiger partial charge in [0.15, 0.2) is 0 Å². The van der Waals surface area contributed by atoms with Crippen molar-refractivity contribution in [1.82, 2.24) is 15.4 Å². The van der Waals surface area contributed by atoms with Crippen LogP contribution < -0.4 is 10.7 Å². The lowest BCUT2D eigenvalue weighted by molar-refractivity contribution is 0.879. The normalized spacial score (nSPS) is 12.0. The highest BCUT2D eigenvalue weighted by molar-refractivity contribution is 6.02. The standard InChI is InChI=1S/C39H23N5/c1-3-12-24(13-4-1)26-16-7-8-18-28(26)38-34(25-14-5-2-6-15-25)39(43-44-42-38)30-19-11-21-32-35(30)36-33(40-32)23-22-29-27-17-9-10-20-31(27)41-37(29)36/h1-23H. The van der Waals surface area contributed by atoms with Crippen molar-refractivity contribution in [3.05, 3.63) is 161 Å². The minimum absolute atomic E-state index is 0.761. The molecule has 0 bridgehead atoms. The molecule has 0 radical (unpaired) electrons. The van der Waals surface area contributed by atoms with Crippen molar-refractivity contribution >= 4 is 11.4 Å². The van der Waals surface area contributed by atoms with Crippen LogP contribution >= 0.6 is 0 Å². The molecule has 9 rings (SSSR count). The summed E-state index contributed by atoms with van der Waals surface area (Å²) in [7, 11) is 0. The summed E-state index contributed by atoms with van der Waals surface area (Å²) < 4.78 is 0. The van der Waals surface area contributed by atoms with E-state index in [-0.39, 0.29) is 0 Å². The second-order valence-corrected chi connectivity index (χ2v) is 10.9. The Balaban J connectivity index is 1.35. The third-order valence-electron chi connectivity index (χ3n) is 8.46. The molecule has 3 heterocycles. The highest BCUT2D eigenvalue weighted by atomic mass is 15.3. The summed E-state index contributed by atoms with van der Waals surface area (Å²) in [5.74, 6) is 0. The van der Waals surface area contributed by atoms with Gasteiger partial charge in [-0.3, -0.25) is 0 Å². The van der Waals surface area contributed by atoms with E-state index in [1.807, 2.05) is 24.3 Å². The molecule has 0 N–H and O–H groups in total. The van der Waals surface area contributed by atoms with E-state index in [0.29, 0.717) is 0 Å². The van der Waals surface area contributed by atoms with Gasteiger partial charge in [0.05, 0.1) is 22.1 Å². The van der Waals surface area contributed by atoms with E-state index in [4.69, 9.17) is 20.2 Å². The van der Waals surface area contributed by atoms with Crippen molar-refractivity contribution in [1.29, 1.82) is 0 Å². The Kier molecular flexibility index (Phi) is 5.43. The molecule has 5 heteroatoms. The zero-order valence-electron chi connectivity index (χ0n) is 23.5. The molecule has 0 amide bonds. The molecule has 0 atom stereocenters. The van der Waals surface area contributed by atoms with Gasteiger partial charge in [0.25, 0.3) is 0 Å². The van der Waals surface area contributed by atoms with Crippen LogP contribution in [0.4, 0.5) is 11.4 Å². The number of aromatic nitrogens is 3. The quantitative estimate of drug-likeness (QED) is 0.219. The van der Waals surface area contributed by atoms with Crippen LogP contribution in [0.25, 0.3) is 55.9 Å². The first-order valence-electron chi connectivity index (χ1n) is 14.6. The summed E-state index contributed by atoms with van der Waals surface area (Å²) in [5, 5.41) is 18.0. The van der Waals surface area contributed by atoms with E-state index in [0.717, 1.165) is 88.4 Å². The van der Waals surface area contributed by atoms with Crippen molar-refractivity contribution in [2.24, 2.45) is 9.98 Å². The van der Waals surface area contributed by atoms with Crippen molar-refractivity contribution in [3.8, 4) is 55.9 Å². The van der Waals surface area contributed by atoms with Crippen LogP contribution in [0.3, 0.4) is 0 Å². The maximum absolute atomic E-state index is 5.10. The summed E-state index contributed by atoms with van der Waals surface area (Å²) in [6, 6.07) is 47.9. The van der Waals surface area contributed by atoms with Crippen LogP contribution in [0.2, 0.25) is 0 Å². The van der Waals surface area contributed by atoms with Gasteiger partial charge in [0.2, 0.25) is 0 Å². The first-order chi connectivity index (χ1) is 21.8. The zero-order valence-corrected chi connectivity index (χ0v) is 23.5. The molecule has 0 saturated carbocycles. The molecule has 0 unspecified atom stereocenters. The second kappa shape index (κ2) is 9.75. The second-order valence-electron chi connectivity index (χ2n) is 10.9. The van der Waals surface area contributed by atoms with Crippen LogP contribution in [0.5, 0.6) is 0 Å². The van der Waals surface area contributed by atoms with Gasteiger partial charge in [-0.05, 0) is 46.2 Å². The fourth-order valence-electron chi connectivity index (χ4n) is 6.53. The first kappa shape index (κ1) is 24.5. The number of hydrogen-bond acceptors (Lipinski definition) is 5. The Morgan fingerprint density at radius 2 is 1.02 bits per heavy atom. The van der Waals surface area contributed by atoms with Crippen molar-refractivity contribution < 1.29 is 0 Å². The minimum atomic E-state index is 0.761. The fraction of sp³-hybridized carbons (Fsp3) is 0. The molecular formula is C39H23N5. The molecule has 2 aliphatic rings. The van der Waals surface area contributed by atoms with Gasteiger partial charge in [-0.15, -0.1) is 10.2 Å². The summed E-state index contributed by atoms with van der Waals surface area (Å²) in [5.41, 5.74) is 11.6. The lowest BCUT2D eigenvalue weighted by atomic mass is 9.88. The first-order valence-corrected chi connectivity index (χ1v) is 14.6. The van der Waals surface area contributed by atoms with Crippen molar-refractivity contribution in [3.63, 3.8) is 0 Å². The predicted molar refractivity (Wildman–Crippen MR) is 173 cm³/mol. The summed E-state index contributed by atoms with van der Waals surface area (Å²) in [4.78, 5) is 10.2.